The normalized spacial score (nSPS) is 18.4. The van der Waals surface area contributed by atoms with Crippen LogP contribution in [0.25, 0.3) is 0 Å². The van der Waals surface area contributed by atoms with Crippen LogP contribution >= 0.6 is 22.7 Å². The van der Waals surface area contributed by atoms with E-state index in [0.717, 1.165) is 17.7 Å². The molecule has 5 rings (SSSR count). The van der Waals surface area contributed by atoms with Crippen LogP contribution < -0.4 is 10.0 Å². The van der Waals surface area contributed by atoms with E-state index in [9.17, 15) is 13.2 Å². The molecule has 0 saturated carbocycles. The Morgan fingerprint density at radius 3 is 2.73 bits per heavy atom. The summed E-state index contributed by atoms with van der Waals surface area (Å²) in [4.78, 5) is 20.1. The lowest BCUT2D eigenvalue weighted by molar-refractivity contribution is -0.131. The van der Waals surface area contributed by atoms with Crippen LogP contribution in [0, 0.1) is 0 Å². The van der Waals surface area contributed by atoms with Gasteiger partial charge in [-0.15, -0.1) is 22.7 Å². The first-order valence-electron chi connectivity index (χ1n) is 9.71. The van der Waals surface area contributed by atoms with Gasteiger partial charge in [0, 0.05) is 28.5 Å². The summed E-state index contributed by atoms with van der Waals surface area (Å²) >= 11 is 3.45. The minimum Gasteiger partial charge on any atom is -0.362 e. The van der Waals surface area contributed by atoms with Crippen molar-refractivity contribution in [2.24, 2.45) is 5.14 Å². The highest BCUT2D eigenvalue weighted by Gasteiger charge is 2.34. The van der Waals surface area contributed by atoms with Crippen molar-refractivity contribution in [3.63, 3.8) is 0 Å². The van der Waals surface area contributed by atoms with E-state index in [-0.39, 0.29) is 23.4 Å². The Bertz CT molecular complexity index is 1200. The third-order valence-corrected chi connectivity index (χ3v) is 8.63. The molecule has 2 aliphatic rings. The lowest BCUT2D eigenvalue weighted by Crippen LogP contribution is -2.45. The van der Waals surface area contributed by atoms with Gasteiger partial charge < -0.3 is 9.80 Å². The van der Waals surface area contributed by atoms with Crippen LogP contribution in [0.5, 0.6) is 0 Å². The van der Waals surface area contributed by atoms with E-state index in [4.69, 9.17) is 5.14 Å². The second-order valence-corrected chi connectivity index (χ2v) is 11.1. The molecule has 6 nitrogen and oxygen atoms in total. The van der Waals surface area contributed by atoms with Crippen LogP contribution in [0.2, 0.25) is 0 Å². The zero-order chi connectivity index (χ0) is 20.9. The largest absolute Gasteiger partial charge is 0.362 e. The predicted octanol–water partition coefficient (Wildman–Crippen LogP) is 2.99. The monoisotopic (exact) mass is 459 g/mol. The molecule has 0 fully saturated rings. The molecule has 1 amide bonds. The fraction of sp³-hybridized carbons (Fsp3) is 0.286. The van der Waals surface area contributed by atoms with Crippen molar-refractivity contribution in [2.45, 2.75) is 23.8 Å². The molecule has 0 spiro atoms. The number of thiophene rings is 2. The van der Waals surface area contributed by atoms with E-state index in [1.54, 1.807) is 34.8 Å². The average molecular weight is 460 g/mol. The highest BCUT2D eigenvalue weighted by Crippen LogP contribution is 2.40. The van der Waals surface area contributed by atoms with Crippen LogP contribution in [-0.2, 0) is 27.7 Å². The number of amides is 1. The van der Waals surface area contributed by atoms with Gasteiger partial charge in [-0.2, -0.15) is 0 Å². The van der Waals surface area contributed by atoms with Gasteiger partial charge in [0.1, 0.15) is 0 Å². The van der Waals surface area contributed by atoms with Crippen molar-refractivity contribution >= 4 is 44.3 Å². The molecule has 3 aromatic rings. The first kappa shape index (κ1) is 19.7. The summed E-state index contributed by atoms with van der Waals surface area (Å²) < 4.78 is 23.3. The van der Waals surface area contributed by atoms with Gasteiger partial charge in [0.15, 0.2) is 0 Å². The second kappa shape index (κ2) is 7.49. The highest BCUT2D eigenvalue weighted by atomic mass is 32.2. The zero-order valence-corrected chi connectivity index (χ0v) is 18.6. The van der Waals surface area contributed by atoms with Gasteiger partial charge in [0.05, 0.1) is 17.5 Å². The number of hydrogen-bond acceptors (Lipinski definition) is 6. The molecule has 0 saturated heterocycles. The van der Waals surface area contributed by atoms with E-state index in [1.807, 2.05) is 15.9 Å². The molecule has 156 valence electrons. The predicted molar refractivity (Wildman–Crippen MR) is 120 cm³/mol. The standard InChI is InChI=1S/C21H21N3O3S3/c22-30(26,27)15-3-4-17-14(12-15)5-8-23(17)13-20(25)24-9-6-18-16(7-11-29-18)21(24)19-2-1-10-28-19/h1-4,7,10-12,21H,5-6,8-9,13H2,(H2,22,26,27)/t21-/m1/s1. The van der Waals surface area contributed by atoms with Gasteiger partial charge >= 0.3 is 0 Å². The summed E-state index contributed by atoms with van der Waals surface area (Å²) in [5.41, 5.74) is 3.07. The van der Waals surface area contributed by atoms with Crippen LogP contribution in [0.15, 0.2) is 52.1 Å². The molecule has 9 heteroatoms. The van der Waals surface area contributed by atoms with E-state index in [0.29, 0.717) is 19.5 Å². The number of carbonyl (C=O) groups is 1. The van der Waals surface area contributed by atoms with E-state index < -0.39 is 10.0 Å². The number of nitrogens with two attached hydrogens (primary N) is 1. The van der Waals surface area contributed by atoms with Crippen molar-refractivity contribution in [3.05, 3.63) is 68.0 Å². The Kier molecular flexibility index (Phi) is 4.93. The maximum absolute atomic E-state index is 13.4. The van der Waals surface area contributed by atoms with Gasteiger partial charge in [0.25, 0.3) is 0 Å². The summed E-state index contributed by atoms with van der Waals surface area (Å²) in [6.07, 6.45) is 1.59. The molecule has 0 unspecified atom stereocenters. The average Bonchev–Trinajstić information content (AvgIpc) is 3.47. The molecule has 2 aliphatic heterocycles. The molecular weight excluding hydrogens is 438 g/mol. The third kappa shape index (κ3) is 3.45. The molecule has 0 radical (unpaired) electrons. The Morgan fingerprint density at radius 2 is 1.97 bits per heavy atom. The second-order valence-electron chi connectivity index (χ2n) is 7.56. The fourth-order valence-corrected chi connectivity index (χ4v) is 6.70. The van der Waals surface area contributed by atoms with Crippen LogP contribution in [0.1, 0.15) is 26.9 Å². The van der Waals surface area contributed by atoms with Crippen molar-refractivity contribution in [3.8, 4) is 0 Å². The van der Waals surface area contributed by atoms with Gasteiger partial charge in [0.2, 0.25) is 15.9 Å². The molecule has 0 aliphatic carbocycles. The number of nitrogens with zero attached hydrogens (tertiary/aromatic N) is 2. The van der Waals surface area contributed by atoms with Crippen molar-refractivity contribution in [2.75, 3.05) is 24.5 Å². The molecule has 1 atom stereocenters. The number of anilines is 1. The molecule has 0 bridgehead atoms. The summed E-state index contributed by atoms with van der Waals surface area (Å²) in [6, 6.07) is 11.2. The van der Waals surface area contributed by atoms with Crippen LogP contribution in [0.3, 0.4) is 0 Å². The topological polar surface area (TPSA) is 83.7 Å². The molecule has 30 heavy (non-hydrogen) atoms. The number of hydrogen-bond donors (Lipinski definition) is 1. The number of sulfonamides is 1. The van der Waals surface area contributed by atoms with Gasteiger partial charge in [-0.3, -0.25) is 4.79 Å². The fourth-order valence-electron chi connectivity index (χ4n) is 4.38. The molecular formula is C21H21N3O3S3. The number of rotatable bonds is 4. The Morgan fingerprint density at radius 1 is 1.10 bits per heavy atom. The van der Waals surface area contributed by atoms with Crippen LogP contribution in [-0.4, -0.2) is 38.9 Å². The third-order valence-electron chi connectivity index (χ3n) is 5.80. The number of benzene rings is 1. The Hall–Kier alpha value is -2.20. The molecule has 1 aromatic carbocycles. The highest BCUT2D eigenvalue weighted by molar-refractivity contribution is 7.89. The summed E-state index contributed by atoms with van der Waals surface area (Å²) in [5.74, 6) is 0.0913. The molecule has 4 heterocycles. The van der Waals surface area contributed by atoms with Crippen molar-refractivity contribution in [1.29, 1.82) is 0 Å². The van der Waals surface area contributed by atoms with Gasteiger partial charge in [-0.25, -0.2) is 13.6 Å². The zero-order valence-electron chi connectivity index (χ0n) is 16.2. The van der Waals surface area contributed by atoms with Gasteiger partial charge in [-0.1, -0.05) is 6.07 Å². The lowest BCUT2D eigenvalue weighted by atomic mass is 9.98. The Labute approximate surface area is 183 Å². The number of carbonyl (C=O) groups excluding carboxylic acids is 1. The minimum atomic E-state index is -3.73. The summed E-state index contributed by atoms with van der Waals surface area (Å²) in [5, 5.41) is 9.42. The minimum absolute atomic E-state index is 0.0284. The lowest BCUT2D eigenvalue weighted by Gasteiger charge is -2.36. The maximum Gasteiger partial charge on any atom is 0.242 e. The first-order chi connectivity index (χ1) is 14.4. The Balaban J connectivity index is 1.40. The van der Waals surface area contributed by atoms with Gasteiger partial charge in [-0.05, 0) is 65.1 Å². The van der Waals surface area contributed by atoms with E-state index in [2.05, 4.69) is 22.9 Å². The molecule has 2 N–H and O–H groups in total. The number of primary sulfonamides is 1. The smallest absolute Gasteiger partial charge is 0.242 e. The van der Waals surface area contributed by atoms with Crippen molar-refractivity contribution < 1.29 is 13.2 Å². The first-order valence-corrected chi connectivity index (χ1v) is 13.0. The number of fused-ring (bicyclic) bond motifs is 2. The summed E-state index contributed by atoms with van der Waals surface area (Å²) in [7, 11) is -3.73. The van der Waals surface area contributed by atoms with E-state index >= 15 is 0 Å². The maximum atomic E-state index is 13.4. The molecule has 2 aromatic heterocycles. The summed E-state index contributed by atoms with van der Waals surface area (Å²) in [6.45, 7) is 1.68. The quantitative estimate of drug-likeness (QED) is 0.650. The van der Waals surface area contributed by atoms with E-state index in [1.165, 1.54) is 21.4 Å². The van der Waals surface area contributed by atoms with Crippen molar-refractivity contribution in [1.82, 2.24) is 4.90 Å². The SMILES string of the molecule is NS(=O)(=O)c1ccc2c(c1)CCN2CC(=O)N1CCc2sccc2[C@@H]1c1cccs1. The van der Waals surface area contributed by atoms with Crippen LogP contribution in [0.4, 0.5) is 5.69 Å².